The molecule has 0 fully saturated rings. The number of benzene rings is 1. The van der Waals surface area contributed by atoms with Gasteiger partial charge in [0, 0.05) is 24.4 Å². The number of nitriles is 1. The first-order valence-electron chi connectivity index (χ1n) is 6.43. The highest BCUT2D eigenvalue weighted by Crippen LogP contribution is 2.34. The highest BCUT2D eigenvalue weighted by Gasteiger charge is 2.25. The molecule has 102 valence electrons. The largest absolute Gasteiger partial charge is 0.396 e. The monoisotopic (exact) mass is 270 g/mol. The van der Waals surface area contributed by atoms with Gasteiger partial charge in [0.1, 0.15) is 5.82 Å². The lowest BCUT2D eigenvalue weighted by atomic mass is 9.82. The molecule has 0 amide bonds. The van der Waals surface area contributed by atoms with Crippen molar-refractivity contribution >= 4 is 0 Å². The number of hydrogen-bond donors (Lipinski definition) is 1. The minimum Gasteiger partial charge on any atom is -0.396 e. The lowest BCUT2D eigenvalue weighted by Crippen LogP contribution is -2.13. The van der Waals surface area contributed by atoms with Gasteiger partial charge in [-0.2, -0.15) is 5.26 Å². The molecule has 0 aliphatic rings. The van der Waals surface area contributed by atoms with E-state index in [1.807, 2.05) is 30.3 Å². The summed E-state index contributed by atoms with van der Waals surface area (Å²) >= 11 is 0. The molecular weight excluding hydrogens is 255 g/mol. The quantitative estimate of drug-likeness (QED) is 0.908. The first-order valence-corrected chi connectivity index (χ1v) is 6.43. The Balaban J connectivity index is 2.39. The molecule has 0 aliphatic carbocycles. The van der Waals surface area contributed by atoms with Crippen LogP contribution in [0.2, 0.25) is 0 Å². The number of aromatic nitrogens is 1. The number of nitrogens with zero attached hydrogens (tertiary/aromatic N) is 2. The highest BCUT2D eigenvalue weighted by molar-refractivity contribution is 5.30. The summed E-state index contributed by atoms with van der Waals surface area (Å²) in [6, 6.07) is 14.1. The Bertz CT molecular complexity index is 595. The first-order chi connectivity index (χ1) is 9.76. The zero-order valence-corrected chi connectivity index (χ0v) is 10.9. The van der Waals surface area contributed by atoms with Gasteiger partial charge in [-0.25, -0.2) is 4.39 Å². The Labute approximate surface area is 117 Å². The molecule has 1 heterocycles. The summed E-state index contributed by atoms with van der Waals surface area (Å²) in [5.41, 5.74) is 1.34. The molecule has 0 radical (unpaired) electrons. The van der Waals surface area contributed by atoms with E-state index in [1.54, 1.807) is 0 Å². The van der Waals surface area contributed by atoms with E-state index in [2.05, 4.69) is 11.1 Å². The van der Waals surface area contributed by atoms with Crippen molar-refractivity contribution in [2.24, 2.45) is 0 Å². The van der Waals surface area contributed by atoms with E-state index in [9.17, 15) is 14.8 Å². The van der Waals surface area contributed by atoms with Crippen molar-refractivity contribution in [3.63, 3.8) is 0 Å². The molecule has 1 aromatic heterocycles. The van der Waals surface area contributed by atoms with Crippen LogP contribution in [0.25, 0.3) is 0 Å². The molecule has 0 unspecified atom stereocenters. The smallest absolute Gasteiger partial charge is 0.126 e. The van der Waals surface area contributed by atoms with Gasteiger partial charge in [0.15, 0.2) is 0 Å². The molecule has 0 aliphatic heterocycles. The predicted molar refractivity (Wildman–Crippen MR) is 73.4 cm³/mol. The van der Waals surface area contributed by atoms with E-state index >= 15 is 0 Å². The fourth-order valence-electron chi connectivity index (χ4n) is 2.31. The van der Waals surface area contributed by atoms with Crippen LogP contribution in [0.1, 0.15) is 29.5 Å². The second-order valence-electron chi connectivity index (χ2n) is 4.54. The fraction of sp³-hybridized carbons (Fsp3) is 0.250. The summed E-state index contributed by atoms with van der Waals surface area (Å²) in [5, 5.41) is 18.7. The minimum absolute atomic E-state index is 0.0755. The van der Waals surface area contributed by atoms with Crippen LogP contribution in [0.15, 0.2) is 48.7 Å². The number of halogens is 1. The molecule has 2 aromatic rings. The third-order valence-corrected chi connectivity index (χ3v) is 3.26. The summed E-state index contributed by atoms with van der Waals surface area (Å²) in [6.45, 7) is -0.0755. The van der Waals surface area contributed by atoms with Gasteiger partial charge in [0.05, 0.1) is 12.0 Å². The van der Waals surface area contributed by atoms with Crippen LogP contribution in [-0.2, 0) is 0 Å². The maximum atomic E-state index is 13.4. The first kappa shape index (κ1) is 14.2. The molecule has 0 bridgehead atoms. The number of hydrogen-bond acceptors (Lipinski definition) is 3. The lowest BCUT2D eigenvalue weighted by Gasteiger charge is -2.21. The van der Waals surface area contributed by atoms with Gasteiger partial charge in [-0.3, -0.25) is 4.98 Å². The van der Waals surface area contributed by atoms with Crippen LogP contribution in [0.4, 0.5) is 4.39 Å². The fourth-order valence-corrected chi connectivity index (χ4v) is 2.31. The number of aliphatic hydroxyl groups is 1. The maximum Gasteiger partial charge on any atom is 0.126 e. The van der Waals surface area contributed by atoms with Gasteiger partial charge in [-0.15, -0.1) is 0 Å². The van der Waals surface area contributed by atoms with Gasteiger partial charge in [0.2, 0.25) is 0 Å². The summed E-state index contributed by atoms with van der Waals surface area (Å²) in [6.07, 6.45) is 1.75. The average Bonchev–Trinajstić information content (AvgIpc) is 2.48. The number of rotatable bonds is 5. The van der Waals surface area contributed by atoms with Gasteiger partial charge in [0.25, 0.3) is 0 Å². The summed E-state index contributed by atoms with van der Waals surface area (Å²) in [7, 11) is 0. The van der Waals surface area contributed by atoms with Crippen LogP contribution in [0.5, 0.6) is 0 Å². The van der Waals surface area contributed by atoms with E-state index in [1.165, 1.54) is 18.3 Å². The van der Waals surface area contributed by atoms with E-state index in [0.717, 1.165) is 5.56 Å². The van der Waals surface area contributed by atoms with Gasteiger partial charge in [-0.05, 0) is 24.1 Å². The van der Waals surface area contributed by atoms with Crippen LogP contribution < -0.4 is 0 Å². The van der Waals surface area contributed by atoms with E-state index in [4.69, 9.17) is 0 Å². The molecule has 0 saturated heterocycles. The van der Waals surface area contributed by atoms with Crippen LogP contribution in [0, 0.1) is 17.1 Å². The van der Waals surface area contributed by atoms with Gasteiger partial charge < -0.3 is 5.11 Å². The zero-order valence-electron chi connectivity index (χ0n) is 10.9. The van der Waals surface area contributed by atoms with Crippen LogP contribution >= 0.6 is 0 Å². The van der Waals surface area contributed by atoms with Gasteiger partial charge >= 0.3 is 0 Å². The standard InChI is InChI=1S/C16H15FN2O/c17-13-6-8-19-16(10-13)14(7-9-20)15(11-18)12-4-2-1-3-5-12/h1-6,8,10,14-15,20H,7,9H2/t14-,15+/m1/s1. The maximum absolute atomic E-state index is 13.4. The predicted octanol–water partition coefficient (Wildman–Crippen LogP) is 2.99. The molecule has 0 spiro atoms. The Kier molecular flexibility index (Phi) is 4.80. The summed E-state index contributed by atoms with van der Waals surface area (Å²) in [4.78, 5) is 4.15. The molecular formula is C16H15FN2O. The molecule has 2 rings (SSSR count). The molecule has 2 atom stereocenters. The van der Waals surface area contributed by atoms with E-state index < -0.39 is 5.92 Å². The zero-order chi connectivity index (χ0) is 14.4. The third-order valence-electron chi connectivity index (χ3n) is 3.26. The van der Waals surface area contributed by atoms with Crippen LogP contribution in [0.3, 0.4) is 0 Å². The molecule has 3 nitrogen and oxygen atoms in total. The molecule has 1 aromatic carbocycles. The SMILES string of the molecule is N#C[C@@H](c1ccccc1)[C@@H](CCO)c1cc(F)ccn1. The molecule has 0 saturated carbocycles. The summed E-state index contributed by atoms with van der Waals surface area (Å²) in [5.74, 6) is -1.18. The highest BCUT2D eigenvalue weighted by atomic mass is 19.1. The second-order valence-corrected chi connectivity index (χ2v) is 4.54. The second kappa shape index (κ2) is 6.78. The van der Waals surface area contributed by atoms with Crippen molar-refractivity contribution < 1.29 is 9.50 Å². The summed E-state index contributed by atoms with van der Waals surface area (Å²) < 4.78 is 13.4. The van der Waals surface area contributed by atoms with E-state index in [0.29, 0.717) is 12.1 Å². The molecule has 1 N–H and O–H groups in total. The lowest BCUT2D eigenvalue weighted by molar-refractivity contribution is 0.270. The number of aliphatic hydroxyl groups excluding tert-OH is 1. The van der Waals surface area contributed by atoms with E-state index in [-0.39, 0.29) is 18.3 Å². The Morgan fingerprint density at radius 2 is 2.00 bits per heavy atom. The number of pyridine rings is 1. The van der Waals surface area contributed by atoms with Crippen molar-refractivity contribution in [3.05, 3.63) is 65.7 Å². The Morgan fingerprint density at radius 3 is 2.60 bits per heavy atom. The third kappa shape index (κ3) is 3.19. The Morgan fingerprint density at radius 1 is 1.25 bits per heavy atom. The van der Waals surface area contributed by atoms with Crippen molar-refractivity contribution in [2.75, 3.05) is 6.61 Å². The van der Waals surface area contributed by atoms with Gasteiger partial charge in [-0.1, -0.05) is 30.3 Å². The van der Waals surface area contributed by atoms with Crippen molar-refractivity contribution in [2.45, 2.75) is 18.3 Å². The Hall–Kier alpha value is -2.25. The topological polar surface area (TPSA) is 56.9 Å². The molecule has 20 heavy (non-hydrogen) atoms. The van der Waals surface area contributed by atoms with Crippen molar-refractivity contribution in [1.29, 1.82) is 5.26 Å². The average molecular weight is 270 g/mol. The van der Waals surface area contributed by atoms with Crippen molar-refractivity contribution in [3.8, 4) is 6.07 Å². The van der Waals surface area contributed by atoms with Crippen molar-refractivity contribution in [1.82, 2.24) is 4.98 Å². The normalized spacial score (nSPS) is 13.4. The van der Waals surface area contributed by atoms with Crippen LogP contribution in [-0.4, -0.2) is 16.7 Å². The minimum atomic E-state index is -0.461. The molecule has 4 heteroatoms.